The van der Waals surface area contributed by atoms with E-state index in [9.17, 15) is 19.7 Å². The summed E-state index contributed by atoms with van der Waals surface area (Å²) in [7, 11) is 0. The predicted molar refractivity (Wildman–Crippen MR) is 71.3 cm³/mol. The summed E-state index contributed by atoms with van der Waals surface area (Å²) >= 11 is 5.83. The van der Waals surface area contributed by atoms with Crippen molar-refractivity contribution in [2.75, 3.05) is 13.2 Å². The summed E-state index contributed by atoms with van der Waals surface area (Å²) in [6.45, 7) is 0.0677. The number of carboxylic acids is 1. The molecule has 1 heterocycles. The first-order chi connectivity index (χ1) is 9.91. The number of carbonyl (C=O) groups excluding carboxylic acids is 1. The second kappa shape index (κ2) is 6.06. The molecular formula is C12H11ClN2O6. The molecule has 1 aliphatic heterocycles. The summed E-state index contributed by atoms with van der Waals surface area (Å²) < 4.78 is 5.02. The third kappa shape index (κ3) is 3.11. The maximum absolute atomic E-state index is 12.1. The van der Waals surface area contributed by atoms with Crippen LogP contribution in [0.4, 0.5) is 5.69 Å². The summed E-state index contributed by atoms with van der Waals surface area (Å²) in [5.74, 6) is -2.61. The van der Waals surface area contributed by atoms with Crippen molar-refractivity contribution in [1.82, 2.24) is 5.32 Å². The lowest BCUT2D eigenvalue weighted by Gasteiger charge is -2.16. The number of carbonyl (C=O) groups is 2. The van der Waals surface area contributed by atoms with Crippen molar-refractivity contribution in [3.63, 3.8) is 0 Å². The van der Waals surface area contributed by atoms with Gasteiger partial charge >= 0.3 is 5.97 Å². The second-order valence-electron chi connectivity index (χ2n) is 4.46. The van der Waals surface area contributed by atoms with Gasteiger partial charge in [-0.3, -0.25) is 19.7 Å². The molecule has 8 nitrogen and oxygen atoms in total. The van der Waals surface area contributed by atoms with Gasteiger partial charge in [0, 0.05) is 6.07 Å². The van der Waals surface area contributed by atoms with E-state index in [0.29, 0.717) is 0 Å². The summed E-state index contributed by atoms with van der Waals surface area (Å²) in [5.41, 5.74) is -0.469. The third-order valence-electron chi connectivity index (χ3n) is 3.13. The molecule has 21 heavy (non-hydrogen) atoms. The van der Waals surface area contributed by atoms with Crippen molar-refractivity contribution >= 4 is 29.2 Å². The average Bonchev–Trinajstić information content (AvgIpc) is 2.86. The van der Waals surface area contributed by atoms with E-state index in [0.717, 1.165) is 0 Å². The molecule has 1 aromatic rings. The molecule has 0 spiro atoms. The fraction of sp³-hybridized carbons (Fsp3) is 0.333. The molecule has 2 atom stereocenters. The standard InChI is InChI=1S/C12H11ClN2O6/c13-10-6(2-1-3-9(10)15(19)20)11(16)14-8-5-21-4-7(8)12(17)18/h1-3,7-8H,4-5H2,(H,14,16)(H,17,18). The molecule has 2 rings (SSSR count). The lowest BCUT2D eigenvalue weighted by atomic mass is 10.0. The van der Waals surface area contributed by atoms with E-state index >= 15 is 0 Å². The minimum absolute atomic E-state index is 0.00293. The van der Waals surface area contributed by atoms with Crippen LogP contribution in [0.15, 0.2) is 18.2 Å². The largest absolute Gasteiger partial charge is 0.481 e. The molecule has 112 valence electrons. The first kappa shape index (κ1) is 15.2. The van der Waals surface area contributed by atoms with Gasteiger partial charge in [0.05, 0.1) is 29.7 Å². The van der Waals surface area contributed by atoms with Crippen LogP contribution < -0.4 is 5.32 Å². The highest BCUT2D eigenvalue weighted by atomic mass is 35.5. The van der Waals surface area contributed by atoms with Gasteiger partial charge in [0.25, 0.3) is 11.6 Å². The van der Waals surface area contributed by atoms with Crippen molar-refractivity contribution in [3.8, 4) is 0 Å². The van der Waals surface area contributed by atoms with Crippen molar-refractivity contribution in [1.29, 1.82) is 0 Å². The van der Waals surface area contributed by atoms with Crippen LogP contribution in [0.25, 0.3) is 0 Å². The predicted octanol–water partition coefficient (Wildman–Crippen LogP) is 1.08. The number of hydrogen-bond donors (Lipinski definition) is 2. The van der Waals surface area contributed by atoms with E-state index in [2.05, 4.69) is 5.32 Å². The zero-order chi connectivity index (χ0) is 15.6. The molecule has 2 unspecified atom stereocenters. The minimum atomic E-state index is -1.08. The molecule has 0 radical (unpaired) electrons. The molecular weight excluding hydrogens is 304 g/mol. The van der Waals surface area contributed by atoms with E-state index < -0.39 is 28.8 Å². The Balaban J connectivity index is 2.19. The number of rotatable bonds is 4. The first-order valence-electron chi connectivity index (χ1n) is 5.96. The van der Waals surface area contributed by atoms with Crippen LogP contribution in [0.2, 0.25) is 5.02 Å². The highest BCUT2D eigenvalue weighted by molar-refractivity contribution is 6.35. The summed E-state index contributed by atoms with van der Waals surface area (Å²) in [4.78, 5) is 33.2. The first-order valence-corrected chi connectivity index (χ1v) is 6.34. The molecule has 1 aliphatic rings. The molecule has 1 fully saturated rings. The van der Waals surface area contributed by atoms with Crippen molar-refractivity contribution < 1.29 is 24.4 Å². The number of nitrogens with one attached hydrogen (secondary N) is 1. The number of nitro benzene ring substituents is 1. The van der Waals surface area contributed by atoms with E-state index in [1.807, 2.05) is 0 Å². The van der Waals surface area contributed by atoms with E-state index in [1.165, 1.54) is 18.2 Å². The Hall–Kier alpha value is -2.19. The Morgan fingerprint density at radius 3 is 2.76 bits per heavy atom. The molecule has 1 aromatic carbocycles. The Bertz CT molecular complexity index is 605. The maximum atomic E-state index is 12.1. The number of nitro groups is 1. The fourth-order valence-corrected chi connectivity index (χ4v) is 2.30. The smallest absolute Gasteiger partial charge is 0.311 e. The number of halogens is 1. The van der Waals surface area contributed by atoms with Crippen molar-refractivity contribution in [2.45, 2.75) is 6.04 Å². The zero-order valence-electron chi connectivity index (χ0n) is 10.6. The number of benzene rings is 1. The normalized spacial score (nSPS) is 21.0. The molecule has 0 saturated carbocycles. The lowest BCUT2D eigenvalue weighted by Crippen LogP contribution is -2.42. The van der Waals surface area contributed by atoms with Crippen LogP contribution >= 0.6 is 11.6 Å². The molecule has 9 heteroatoms. The molecule has 0 aliphatic carbocycles. The van der Waals surface area contributed by atoms with E-state index in [1.54, 1.807) is 0 Å². The van der Waals surface area contributed by atoms with Gasteiger partial charge in [-0.2, -0.15) is 0 Å². The van der Waals surface area contributed by atoms with Crippen LogP contribution in [0.1, 0.15) is 10.4 Å². The zero-order valence-corrected chi connectivity index (χ0v) is 11.4. The maximum Gasteiger partial charge on any atom is 0.311 e. The Morgan fingerprint density at radius 2 is 2.14 bits per heavy atom. The van der Waals surface area contributed by atoms with Gasteiger partial charge in [-0.15, -0.1) is 0 Å². The number of amides is 1. The van der Waals surface area contributed by atoms with Crippen molar-refractivity contribution in [2.24, 2.45) is 5.92 Å². The minimum Gasteiger partial charge on any atom is -0.481 e. The highest BCUT2D eigenvalue weighted by Crippen LogP contribution is 2.28. The van der Waals surface area contributed by atoms with Gasteiger partial charge in [0.15, 0.2) is 0 Å². The van der Waals surface area contributed by atoms with Gasteiger partial charge in [-0.25, -0.2) is 0 Å². The van der Waals surface area contributed by atoms with Gasteiger partial charge in [-0.05, 0) is 6.07 Å². The summed E-state index contributed by atoms with van der Waals surface area (Å²) in [6.07, 6.45) is 0. The number of carboxylic acid groups (broad SMARTS) is 1. The Kier molecular flexibility index (Phi) is 4.39. The van der Waals surface area contributed by atoms with E-state index in [4.69, 9.17) is 21.4 Å². The number of hydrogen-bond acceptors (Lipinski definition) is 5. The SMILES string of the molecule is O=C(NC1COCC1C(=O)O)c1cccc([N+](=O)[O-])c1Cl. The monoisotopic (exact) mass is 314 g/mol. The third-order valence-corrected chi connectivity index (χ3v) is 3.53. The number of aliphatic carboxylic acids is 1. The number of nitrogens with zero attached hydrogens (tertiary/aromatic N) is 1. The van der Waals surface area contributed by atoms with Crippen LogP contribution in [0.3, 0.4) is 0 Å². The van der Waals surface area contributed by atoms with Crippen LogP contribution in [-0.4, -0.2) is 41.2 Å². The van der Waals surface area contributed by atoms with Gasteiger partial charge in [0.2, 0.25) is 0 Å². The fourth-order valence-electron chi connectivity index (χ4n) is 2.02. The second-order valence-corrected chi connectivity index (χ2v) is 4.84. The lowest BCUT2D eigenvalue weighted by molar-refractivity contribution is -0.384. The summed E-state index contributed by atoms with van der Waals surface area (Å²) in [6, 6.07) is 3.14. The molecule has 1 amide bonds. The van der Waals surface area contributed by atoms with Gasteiger partial charge < -0.3 is 15.2 Å². The molecule has 2 N–H and O–H groups in total. The summed E-state index contributed by atoms with van der Waals surface area (Å²) in [5, 5.41) is 22.0. The van der Waals surface area contributed by atoms with Gasteiger partial charge in [0.1, 0.15) is 10.9 Å². The molecule has 0 bridgehead atoms. The molecule has 1 saturated heterocycles. The van der Waals surface area contributed by atoms with E-state index in [-0.39, 0.29) is 29.5 Å². The van der Waals surface area contributed by atoms with Gasteiger partial charge in [-0.1, -0.05) is 17.7 Å². The van der Waals surface area contributed by atoms with Crippen LogP contribution in [-0.2, 0) is 9.53 Å². The number of ether oxygens (including phenoxy) is 1. The quantitative estimate of drug-likeness (QED) is 0.634. The van der Waals surface area contributed by atoms with Crippen molar-refractivity contribution in [3.05, 3.63) is 38.9 Å². The highest BCUT2D eigenvalue weighted by Gasteiger charge is 2.35. The Labute approximate surface area is 123 Å². The Morgan fingerprint density at radius 1 is 1.43 bits per heavy atom. The topological polar surface area (TPSA) is 119 Å². The average molecular weight is 315 g/mol. The molecule has 0 aromatic heterocycles. The van der Waals surface area contributed by atoms with Crippen LogP contribution in [0.5, 0.6) is 0 Å². The van der Waals surface area contributed by atoms with Crippen LogP contribution in [0, 0.1) is 16.0 Å².